The molecule has 0 aliphatic rings. The number of nitrogens with zero attached hydrogens (tertiary/aromatic N) is 2. The summed E-state index contributed by atoms with van der Waals surface area (Å²) < 4.78 is 41.2. The van der Waals surface area contributed by atoms with E-state index in [0.29, 0.717) is 5.69 Å². The average molecular weight is 313 g/mol. The van der Waals surface area contributed by atoms with Crippen molar-refractivity contribution in [2.24, 2.45) is 0 Å². The van der Waals surface area contributed by atoms with Crippen LogP contribution in [0.2, 0.25) is 0 Å². The van der Waals surface area contributed by atoms with Gasteiger partial charge < -0.3 is 9.84 Å². The van der Waals surface area contributed by atoms with E-state index in [9.17, 15) is 22.8 Å². The first-order valence-electron chi connectivity index (χ1n) is 6.16. The minimum atomic E-state index is -4.71. The molecule has 9 heteroatoms. The first-order valence-corrected chi connectivity index (χ1v) is 6.16. The molecule has 1 aromatic carbocycles. The molecule has 0 aliphatic carbocycles. The summed E-state index contributed by atoms with van der Waals surface area (Å²) in [4.78, 5) is 25.8. The van der Waals surface area contributed by atoms with Gasteiger partial charge in [-0.25, -0.2) is 0 Å². The molecule has 2 rings (SSSR count). The van der Waals surface area contributed by atoms with E-state index in [-0.39, 0.29) is 17.8 Å². The Morgan fingerprint density at radius 3 is 2.36 bits per heavy atom. The number of anilines is 1. The summed E-state index contributed by atoms with van der Waals surface area (Å²) in [7, 11) is 0. The molecule has 0 fully saturated rings. The van der Waals surface area contributed by atoms with Crippen LogP contribution in [-0.4, -0.2) is 21.8 Å². The number of alkyl halides is 3. The highest BCUT2D eigenvalue weighted by Gasteiger charge is 2.38. The van der Waals surface area contributed by atoms with Crippen molar-refractivity contribution >= 4 is 17.4 Å². The molecule has 0 bridgehead atoms. The van der Waals surface area contributed by atoms with Gasteiger partial charge in [0.2, 0.25) is 11.6 Å². The van der Waals surface area contributed by atoms with Gasteiger partial charge in [-0.15, -0.1) is 0 Å². The number of rotatable bonds is 4. The van der Waals surface area contributed by atoms with E-state index >= 15 is 0 Å². The van der Waals surface area contributed by atoms with Gasteiger partial charge in [0.25, 0.3) is 5.91 Å². The predicted molar refractivity (Wildman–Crippen MR) is 68.7 cm³/mol. The standard InChI is InChI=1S/C13H10F3N3O3/c1-2-9(20)11(21)17-8-5-3-7(4-6-8)10-18-12(22-19-10)13(14,15)16/h3-6H,2H2,1H3,(H,17,21). The zero-order chi connectivity index (χ0) is 16.3. The first-order chi connectivity index (χ1) is 10.3. The number of Topliss-reactive ketones (excluding diaryl/α,β-unsaturated/α-hetero) is 1. The van der Waals surface area contributed by atoms with Crippen LogP contribution in [0.3, 0.4) is 0 Å². The molecule has 116 valence electrons. The molecule has 0 spiro atoms. The Kier molecular flexibility index (Phi) is 4.25. The molecule has 0 saturated heterocycles. The number of hydrogen-bond donors (Lipinski definition) is 1. The Balaban J connectivity index is 2.14. The Labute approximate surface area is 122 Å². The third-order valence-corrected chi connectivity index (χ3v) is 2.64. The number of carbonyl (C=O) groups is 2. The van der Waals surface area contributed by atoms with Gasteiger partial charge in [0, 0.05) is 17.7 Å². The molecule has 0 radical (unpaired) electrons. The van der Waals surface area contributed by atoms with Crippen LogP contribution in [0, 0.1) is 0 Å². The Morgan fingerprint density at radius 1 is 1.23 bits per heavy atom. The monoisotopic (exact) mass is 313 g/mol. The fourth-order valence-electron chi connectivity index (χ4n) is 1.52. The van der Waals surface area contributed by atoms with Gasteiger partial charge in [-0.1, -0.05) is 12.1 Å². The molecule has 1 amide bonds. The van der Waals surface area contributed by atoms with E-state index in [1.807, 2.05) is 0 Å². The zero-order valence-electron chi connectivity index (χ0n) is 11.3. The van der Waals surface area contributed by atoms with E-state index in [0.717, 1.165) is 0 Å². The number of hydrogen-bond acceptors (Lipinski definition) is 5. The van der Waals surface area contributed by atoms with Gasteiger partial charge in [-0.05, 0) is 24.3 Å². The Hall–Kier alpha value is -2.71. The van der Waals surface area contributed by atoms with Crippen LogP contribution < -0.4 is 5.32 Å². The van der Waals surface area contributed by atoms with Crippen LogP contribution in [0.4, 0.5) is 18.9 Å². The molecular formula is C13H10F3N3O3. The van der Waals surface area contributed by atoms with Gasteiger partial charge in [0.05, 0.1) is 0 Å². The second kappa shape index (κ2) is 5.96. The second-order valence-corrected chi connectivity index (χ2v) is 4.23. The lowest BCUT2D eigenvalue weighted by Gasteiger charge is -2.03. The molecule has 6 nitrogen and oxygen atoms in total. The third-order valence-electron chi connectivity index (χ3n) is 2.64. The Bertz CT molecular complexity index is 693. The maximum absolute atomic E-state index is 12.4. The first kappa shape index (κ1) is 15.7. The van der Waals surface area contributed by atoms with E-state index < -0.39 is 23.8 Å². The molecule has 1 N–H and O–H groups in total. The van der Waals surface area contributed by atoms with Crippen molar-refractivity contribution in [1.29, 1.82) is 0 Å². The van der Waals surface area contributed by atoms with Crippen molar-refractivity contribution in [3.63, 3.8) is 0 Å². The van der Waals surface area contributed by atoms with Crippen LogP contribution in [0.5, 0.6) is 0 Å². The highest BCUT2D eigenvalue weighted by Crippen LogP contribution is 2.29. The topological polar surface area (TPSA) is 85.1 Å². The quantitative estimate of drug-likeness (QED) is 0.877. The lowest BCUT2D eigenvalue weighted by Crippen LogP contribution is -2.21. The van der Waals surface area contributed by atoms with Gasteiger partial charge in [-0.2, -0.15) is 18.2 Å². The van der Waals surface area contributed by atoms with Gasteiger partial charge in [-0.3, -0.25) is 9.59 Å². The smallest absolute Gasteiger partial charge is 0.329 e. The number of carbonyl (C=O) groups excluding carboxylic acids is 2. The summed E-state index contributed by atoms with van der Waals surface area (Å²) in [6, 6.07) is 5.63. The molecule has 22 heavy (non-hydrogen) atoms. The second-order valence-electron chi connectivity index (χ2n) is 4.23. The summed E-state index contributed by atoms with van der Waals surface area (Å²) in [6.45, 7) is 1.56. The highest BCUT2D eigenvalue weighted by molar-refractivity contribution is 6.40. The molecule has 0 saturated carbocycles. The fraction of sp³-hybridized carbons (Fsp3) is 0.231. The molecule has 0 atom stereocenters. The fourth-order valence-corrected chi connectivity index (χ4v) is 1.52. The summed E-state index contributed by atoms with van der Waals surface area (Å²) in [6.07, 6.45) is -4.63. The average Bonchev–Trinajstić information content (AvgIpc) is 2.97. The van der Waals surface area contributed by atoms with Crippen LogP contribution in [-0.2, 0) is 15.8 Å². The van der Waals surface area contributed by atoms with Crippen molar-refractivity contribution in [2.75, 3.05) is 5.32 Å². The van der Waals surface area contributed by atoms with E-state index in [2.05, 4.69) is 20.0 Å². The maximum Gasteiger partial charge on any atom is 0.471 e. The van der Waals surface area contributed by atoms with Gasteiger partial charge in [0.1, 0.15) is 0 Å². The van der Waals surface area contributed by atoms with E-state index in [1.54, 1.807) is 6.92 Å². The molecule has 2 aromatic rings. The van der Waals surface area contributed by atoms with E-state index in [4.69, 9.17) is 0 Å². The minimum absolute atomic E-state index is 0.0764. The molecular weight excluding hydrogens is 303 g/mol. The lowest BCUT2D eigenvalue weighted by molar-refractivity contribution is -0.159. The summed E-state index contributed by atoms with van der Waals surface area (Å²) in [5.74, 6) is -2.99. The summed E-state index contributed by atoms with van der Waals surface area (Å²) >= 11 is 0. The van der Waals surface area contributed by atoms with Crippen molar-refractivity contribution in [1.82, 2.24) is 10.1 Å². The van der Waals surface area contributed by atoms with Crippen molar-refractivity contribution in [2.45, 2.75) is 19.5 Å². The van der Waals surface area contributed by atoms with Crippen molar-refractivity contribution < 1.29 is 27.3 Å². The lowest BCUT2D eigenvalue weighted by atomic mass is 10.2. The number of nitrogens with one attached hydrogen (secondary N) is 1. The van der Waals surface area contributed by atoms with Crippen molar-refractivity contribution in [3.8, 4) is 11.4 Å². The molecule has 1 aromatic heterocycles. The van der Waals surface area contributed by atoms with E-state index in [1.165, 1.54) is 24.3 Å². The minimum Gasteiger partial charge on any atom is -0.329 e. The maximum atomic E-state index is 12.4. The largest absolute Gasteiger partial charge is 0.471 e. The molecule has 1 heterocycles. The number of aromatic nitrogens is 2. The number of halogens is 3. The van der Waals surface area contributed by atoms with Crippen LogP contribution in [0.1, 0.15) is 19.2 Å². The molecule has 0 unspecified atom stereocenters. The normalized spacial score (nSPS) is 11.3. The number of amides is 1. The summed E-state index contributed by atoms with van der Waals surface area (Å²) in [5, 5.41) is 5.61. The van der Waals surface area contributed by atoms with Crippen LogP contribution in [0.25, 0.3) is 11.4 Å². The highest BCUT2D eigenvalue weighted by atomic mass is 19.4. The van der Waals surface area contributed by atoms with Gasteiger partial charge >= 0.3 is 12.1 Å². The predicted octanol–water partition coefficient (Wildman–Crippen LogP) is 2.67. The van der Waals surface area contributed by atoms with Gasteiger partial charge in [0.15, 0.2) is 0 Å². The third kappa shape index (κ3) is 3.48. The zero-order valence-corrected chi connectivity index (χ0v) is 11.3. The van der Waals surface area contributed by atoms with Crippen LogP contribution in [0.15, 0.2) is 28.8 Å². The van der Waals surface area contributed by atoms with Crippen LogP contribution >= 0.6 is 0 Å². The SMILES string of the molecule is CCC(=O)C(=O)Nc1ccc(-c2noc(C(F)(F)F)n2)cc1. The summed E-state index contributed by atoms with van der Waals surface area (Å²) in [5.41, 5.74) is 0.606. The molecule has 0 aliphatic heterocycles. The van der Waals surface area contributed by atoms with Crippen molar-refractivity contribution in [3.05, 3.63) is 30.2 Å². The number of benzene rings is 1. The number of ketones is 1. The Morgan fingerprint density at radius 2 is 1.86 bits per heavy atom.